The van der Waals surface area contributed by atoms with Crippen molar-refractivity contribution in [2.45, 2.75) is 24.2 Å². The van der Waals surface area contributed by atoms with Crippen LogP contribution in [-0.4, -0.2) is 53.7 Å². The van der Waals surface area contributed by atoms with Crippen LogP contribution in [0.1, 0.15) is 29.8 Å². The zero-order valence-electron chi connectivity index (χ0n) is 15.9. The maximum Gasteiger partial charge on any atom is 0.278 e. The van der Waals surface area contributed by atoms with Crippen molar-refractivity contribution >= 4 is 27.1 Å². The number of fused-ring (bicyclic) bond motifs is 1. The first-order chi connectivity index (χ1) is 14.0. The minimum Gasteiger partial charge on any atom is -0.495 e. The predicted molar refractivity (Wildman–Crippen MR) is 107 cm³/mol. The van der Waals surface area contributed by atoms with Gasteiger partial charge in [-0.05, 0) is 43.2 Å². The molecule has 0 unspecified atom stereocenters. The van der Waals surface area contributed by atoms with E-state index in [0.717, 1.165) is 19.3 Å². The SMILES string of the molecule is COc1ccc(S(=O)(=O)N2CCCCC2)cc1NC(=O)c1nnn2ccccc12. The number of methoxy groups -OCH3 is 1. The summed E-state index contributed by atoms with van der Waals surface area (Å²) in [4.78, 5) is 12.9. The third kappa shape index (κ3) is 3.68. The normalized spacial score (nSPS) is 15.3. The smallest absolute Gasteiger partial charge is 0.278 e. The monoisotopic (exact) mass is 415 g/mol. The van der Waals surface area contributed by atoms with Crippen LogP contribution in [-0.2, 0) is 10.0 Å². The summed E-state index contributed by atoms with van der Waals surface area (Å²) in [5.74, 6) is -0.149. The number of hydrogen-bond acceptors (Lipinski definition) is 6. The number of piperidine rings is 1. The van der Waals surface area contributed by atoms with Gasteiger partial charge in [0.1, 0.15) is 5.75 Å². The van der Waals surface area contributed by atoms with E-state index in [1.54, 1.807) is 24.4 Å². The number of ether oxygens (including phenoxy) is 1. The summed E-state index contributed by atoms with van der Waals surface area (Å²) in [5.41, 5.74) is 0.936. The minimum atomic E-state index is -3.64. The van der Waals surface area contributed by atoms with E-state index in [2.05, 4.69) is 15.6 Å². The molecule has 0 bridgehead atoms. The Bertz CT molecular complexity index is 1150. The van der Waals surface area contributed by atoms with Gasteiger partial charge in [-0.25, -0.2) is 12.9 Å². The molecule has 3 aromatic rings. The van der Waals surface area contributed by atoms with Crippen LogP contribution < -0.4 is 10.1 Å². The van der Waals surface area contributed by atoms with Crippen molar-refractivity contribution in [2.24, 2.45) is 0 Å². The molecule has 152 valence electrons. The van der Waals surface area contributed by atoms with Gasteiger partial charge in [0.15, 0.2) is 5.69 Å². The minimum absolute atomic E-state index is 0.114. The van der Waals surface area contributed by atoms with E-state index in [1.165, 1.54) is 34.1 Å². The van der Waals surface area contributed by atoms with Crippen LogP contribution in [0.4, 0.5) is 5.69 Å². The van der Waals surface area contributed by atoms with E-state index < -0.39 is 15.9 Å². The molecule has 4 rings (SSSR count). The van der Waals surface area contributed by atoms with Crippen molar-refractivity contribution in [1.82, 2.24) is 19.1 Å². The quantitative estimate of drug-likeness (QED) is 0.685. The first-order valence-electron chi connectivity index (χ1n) is 9.30. The van der Waals surface area contributed by atoms with Crippen LogP contribution in [0.2, 0.25) is 0 Å². The average molecular weight is 415 g/mol. The number of carbonyl (C=O) groups excluding carboxylic acids is 1. The number of nitrogens with zero attached hydrogens (tertiary/aromatic N) is 4. The first kappa shape index (κ1) is 19.3. The van der Waals surface area contributed by atoms with Gasteiger partial charge in [0.2, 0.25) is 10.0 Å². The van der Waals surface area contributed by atoms with Gasteiger partial charge >= 0.3 is 0 Å². The molecule has 0 spiro atoms. The Hall–Kier alpha value is -2.98. The summed E-state index contributed by atoms with van der Waals surface area (Å²) < 4.78 is 34.2. The van der Waals surface area contributed by atoms with E-state index in [9.17, 15) is 13.2 Å². The molecule has 1 amide bonds. The molecule has 0 radical (unpaired) electrons. The molecule has 1 N–H and O–H groups in total. The van der Waals surface area contributed by atoms with E-state index >= 15 is 0 Å². The molecular weight excluding hydrogens is 394 g/mol. The fourth-order valence-electron chi connectivity index (χ4n) is 3.39. The fourth-order valence-corrected chi connectivity index (χ4v) is 4.93. The van der Waals surface area contributed by atoms with Gasteiger partial charge in [0, 0.05) is 19.3 Å². The number of carbonyl (C=O) groups is 1. The number of amides is 1. The first-order valence-corrected chi connectivity index (χ1v) is 10.7. The Morgan fingerprint density at radius 1 is 1.14 bits per heavy atom. The lowest BCUT2D eigenvalue weighted by atomic mass is 10.2. The lowest BCUT2D eigenvalue weighted by molar-refractivity contribution is 0.102. The van der Waals surface area contributed by atoms with Gasteiger partial charge < -0.3 is 10.1 Å². The number of rotatable bonds is 5. The number of sulfonamides is 1. The number of pyridine rings is 1. The molecule has 1 aliphatic rings. The largest absolute Gasteiger partial charge is 0.495 e. The van der Waals surface area contributed by atoms with Crippen molar-refractivity contribution in [3.05, 3.63) is 48.3 Å². The summed E-state index contributed by atoms with van der Waals surface area (Å²) in [6.45, 7) is 1.00. The molecule has 0 saturated carbocycles. The van der Waals surface area contributed by atoms with Gasteiger partial charge in [0.25, 0.3) is 5.91 Å². The topological polar surface area (TPSA) is 106 Å². The molecule has 3 heterocycles. The lowest BCUT2D eigenvalue weighted by Crippen LogP contribution is -2.35. The number of hydrogen-bond donors (Lipinski definition) is 1. The third-order valence-electron chi connectivity index (χ3n) is 4.91. The molecule has 1 saturated heterocycles. The van der Waals surface area contributed by atoms with Crippen LogP contribution >= 0.6 is 0 Å². The Morgan fingerprint density at radius 2 is 1.93 bits per heavy atom. The van der Waals surface area contributed by atoms with Crippen molar-refractivity contribution in [2.75, 3.05) is 25.5 Å². The number of anilines is 1. The summed E-state index contributed by atoms with van der Waals surface area (Å²) in [5, 5.41) is 10.5. The van der Waals surface area contributed by atoms with Crippen molar-refractivity contribution in [3.63, 3.8) is 0 Å². The van der Waals surface area contributed by atoms with Crippen molar-refractivity contribution in [3.8, 4) is 5.75 Å². The van der Waals surface area contributed by atoms with E-state index in [4.69, 9.17) is 4.74 Å². The zero-order valence-corrected chi connectivity index (χ0v) is 16.7. The highest BCUT2D eigenvalue weighted by Crippen LogP contribution is 2.30. The fraction of sp³-hybridized carbons (Fsp3) is 0.316. The zero-order chi connectivity index (χ0) is 20.4. The molecule has 29 heavy (non-hydrogen) atoms. The highest BCUT2D eigenvalue weighted by molar-refractivity contribution is 7.89. The van der Waals surface area contributed by atoms with E-state index in [-0.39, 0.29) is 16.3 Å². The van der Waals surface area contributed by atoms with Crippen molar-refractivity contribution < 1.29 is 17.9 Å². The molecular formula is C19H21N5O4S. The molecule has 1 aromatic carbocycles. The maximum absolute atomic E-state index is 13.0. The van der Waals surface area contributed by atoms with E-state index in [1.807, 2.05) is 0 Å². The van der Waals surface area contributed by atoms with Crippen LogP contribution in [0.15, 0.2) is 47.5 Å². The van der Waals surface area contributed by atoms with Crippen LogP contribution in [0.25, 0.3) is 5.52 Å². The molecule has 2 aromatic heterocycles. The Labute approximate surface area is 168 Å². The maximum atomic E-state index is 13.0. The second kappa shape index (κ2) is 7.80. The highest BCUT2D eigenvalue weighted by Gasteiger charge is 2.27. The summed E-state index contributed by atoms with van der Waals surface area (Å²) >= 11 is 0. The second-order valence-electron chi connectivity index (χ2n) is 6.75. The van der Waals surface area contributed by atoms with Crippen LogP contribution in [0.5, 0.6) is 5.75 Å². The lowest BCUT2D eigenvalue weighted by Gasteiger charge is -2.26. The highest BCUT2D eigenvalue weighted by atomic mass is 32.2. The Balaban J connectivity index is 1.66. The Morgan fingerprint density at radius 3 is 2.69 bits per heavy atom. The molecule has 9 nitrogen and oxygen atoms in total. The van der Waals surface area contributed by atoms with Gasteiger partial charge in [0.05, 0.1) is 23.2 Å². The molecule has 1 fully saturated rings. The standard InChI is InChI=1S/C19H21N5O4S/c1-28-17-9-8-14(29(26,27)23-10-4-2-5-11-23)13-15(17)20-19(25)18-16-7-3-6-12-24(16)22-21-18/h3,6-9,12-13H,2,4-5,10-11H2,1H3,(H,20,25). The molecule has 1 aliphatic heterocycles. The average Bonchev–Trinajstić information content (AvgIpc) is 3.18. The number of aromatic nitrogens is 3. The van der Waals surface area contributed by atoms with E-state index in [0.29, 0.717) is 24.4 Å². The second-order valence-corrected chi connectivity index (χ2v) is 8.69. The van der Waals surface area contributed by atoms with Crippen molar-refractivity contribution in [1.29, 1.82) is 0 Å². The van der Waals surface area contributed by atoms with Gasteiger partial charge in [-0.1, -0.05) is 17.7 Å². The third-order valence-corrected chi connectivity index (χ3v) is 6.80. The van der Waals surface area contributed by atoms with Crippen LogP contribution in [0.3, 0.4) is 0 Å². The molecule has 0 atom stereocenters. The van der Waals surface area contributed by atoms with Gasteiger partial charge in [-0.3, -0.25) is 4.79 Å². The molecule has 10 heteroatoms. The number of benzene rings is 1. The van der Waals surface area contributed by atoms with Gasteiger partial charge in [-0.2, -0.15) is 4.31 Å². The van der Waals surface area contributed by atoms with Crippen LogP contribution in [0, 0.1) is 0 Å². The number of nitrogens with one attached hydrogen (secondary N) is 1. The molecule has 0 aliphatic carbocycles. The van der Waals surface area contributed by atoms with Gasteiger partial charge in [-0.15, -0.1) is 5.10 Å². The summed E-state index contributed by atoms with van der Waals surface area (Å²) in [7, 11) is -2.18. The predicted octanol–water partition coefficient (Wildman–Crippen LogP) is 2.16. The Kier molecular flexibility index (Phi) is 5.20. The summed E-state index contributed by atoms with van der Waals surface area (Å²) in [6.07, 6.45) is 4.41. The summed E-state index contributed by atoms with van der Waals surface area (Å²) in [6, 6.07) is 9.74.